The third-order valence-corrected chi connectivity index (χ3v) is 4.37. The van der Waals surface area contributed by atoms with Crippen molar-refractivity contribution in [2.75, 3.05) is 5.88 Å². The van der Waals surface area contributed by atoms with Gasteiger partial charge in [-0.05, 0) is 30.2 Å². The minimum Gasteiger partial charge on any atom is -0.308 e. The Morgan fingerprint density at radius 1 is 1.29 bits per heavy atom. The first-order valence-electron chi connectivity index (χ1n) is 6.80. The third kappa shape index (κ3) is 2.97. The Morgan fingerprint density at radius 3 is 2.86 bits per heavy atom. The van der Waals surface area contributed by atoms with Crippen molar-refractivity contribution in [1.82, 2.24) is 14.5 Å². The molecule has 0 aliphatic heterocycles. The van der Waals surface area contributed by atoms with Gasteiger partial charge in [0.1, 0.15) is 11.3 Å². The number of aromatic nitrogens is 3. The fourth-order valence-electron chi connectivity index (χ4n) is 2.40. The minimum absolute atomic E-state index is 0.554. The topological polar surface area (TPSA) is 30.7 Å². The highest BCUT2D eigenvalue weighted by atomic mass is 79.9. The van der Waals surface area contributed by atoms with Gasteiger partial charge in [0.05, 0.1) is 6.54 Å². The van der Waals surface area contributed by atoms with Crippen LogP contribution in [-0.4, -0.2) is 20.4 Å². The van der Waals surface area contributed by atoms with Crippen LogP contribution in [0.1, 0.15) is 17.0 Å². The molecule has 0 bridgehead atoms. The molecule has 0 aliphatic rings. The van der Waals surface area contributed by atoms with Crippen LogP contribution in [0.5, 0.6) is 0 Å². The van der Waals surface area contributed by atoms with Gasteiger partial charge in [0.25, 0.3) is 0 Å². The summed E-state index contributed by atoms with van der Waals surface area (Å²) in [5.74, 6) is 1.53. The van der Waals surface area contributed by atoms with Crippen molar-refractivity contribution in [3.05, 3.63) is 58.0 Å². The molecular formula is C16H15BrClN3. The van der Waals surface area contributed by atoms with Crippen molar-refractivity contribution in [2.24, 2.45) is 0 Å². The Kier molecular flexibility index (Phi) is 4.27. The highest BCUT2D eigenvalue weighted by Gasteiger charge is 2.13. The summed E-state index contributed by atoms with van der Waals surface area (Å²) in [5, 5.41) is 0. The van der Waals surface area contributed by atoms with Crippen LogP contribution in [-0.2, 0) is 13.0 Å². The molecule has 0 fully saturated rings. The second kappa shape index (κ2) is 6.16. The summed E-state index contributed by atoms with van der Waals surface area (Å²) in [6.07, 6.45) is 2.62. The summed E-state index contributed by atoms with van der Waals surface area (Å²) in [5.41, 5.74) is 4.17. The van der Waals surface area contributed by atoms with Crippen molar-refractivity contribution < 1.29 is 0 Å². The SMILES string of the molecule is Cc1cnc2c(c1)nc(CCCl)n2Cc1ccccc1Br. The maximum absolute atomic E-state index is 5.92. The molecule has 0 saturated heterocycles. The molecule has 0 N–H and O–H groups in total. The van der Waals surface area contributed by atoms with Crippen molar-refractivity contribution in [1.29, 1.82) is 0 Å². The first-order chi connectivity index (χ1) is 10.2. The summed E-state index contributed by atoms with van der Waals surface area (Å²) in [4.78, 5) is 9.24. The number of pyridine rings is 1. The summed E-state index contributed by atoms with van der Waals surface area (Å²) in [7, 11) is 0. The molecule has 1 aromatic carbocycles. The van der Waals surface area contributed by atoms with Crippen LogP contribution in [0.2, 0.25) is 0 Å². The number of fused-ring (bicyclic) bond motifs is 1. The van der Waals surface area contributed by atoms with Crippen molar-refractivity contribution in [3.63, 3.8) is 0 Å². The number of alkyl halides is 1. The van der Waals surface area contributed by atoms with Gasteiger partial charge in [-0.3, -0.25) is 0 Å². The van der Waals surface area contributed by atoms with E-state index in [1.54, 1.807) is 0 Å². The van der Waals surface area contributed by atoms with Gasteiger partial charge in [-0.1, -0.05) is 34.1 Å². The van der Waals surface area contributed by atoms with E-state index in [0.29, 0.717) is 5.88 Å². The smallest absolute Gasteiger partial charge is 0.160 e. The van der Waals surface area contributed by atoms with Gasteiger partial charge in [0.2, 0.25) is 0 Å². The standard InChI is InChI=1S/C16H15BrClN3/c1-11-8-14-16(19-9-11)21(15(20-14)6-7-18)10-12-4-2-3-5-13(12)17/h2-5,8-9H,6-7,10H2,1H3. The zero-order valence-electron chi connectivity index (χ0n) is 11.7. The van der Waals surface area contributed by atoms with Crippen LogP contribution >= 0.6 is 27.5 Å². The van der Waals surface area contributed by atoms with E-state index in [1.807, 2.05) is 31.3 Å². The van der Waals surface area contributed by atoms with Crippen LogP contribution < -0.4 is 0 Å². The number of aryl methyl sites for hydroxylation is 2. The zero-order chi connectivity index (χ0) is 14.8. The Balaban J connectivity index is 2.11. The van der Waals surface area contributed by atoms with E-state index in [0.717, 1.165) is 40.0 Å². The molecule has 5 heteroatoms. The monoisotopic (exact) mass is 363 g/mol. The van der Waals surface area contributed by atoms with E-state index in [4.69, 9.17) is 11.6 Å². The summed E-state index contributed by atoms with van der Waals surface area (Å²) >= 11 is 9.52. The third-order valence-electron chi connectivity index (χ3n) is 3.41. The van der Waals surface area contributed by atoms with Crippen LogP contribution in [0.4, 0.5) is 0 Å². The van der Waals surface area contributed by atoms with E-state index in [1.165, 1.54) is 5.56 Å². The van der Waals surface area contributed by atoms with Crippen molar-refractivity contribution in [3.8, 4) is 0 Å². The largest absolute Gasteiger partial charge is 0.308 e. The number of hydrogen-bond acceptors (Lipinski definition) is 2. The van der Waals surface area contributed by atoms with Gasteiger partial charge in [-0.15, -0.1) is 11.6 Å². The second-order valence-corrected chi connectivity index (χ2v) is 6.23. The molecule has 0 saturated carbocycles. The average molecular weight is 365 g/mol. The number of imidazole rings is 1. The average Bonchev–Trinajstić information content (AvgIpc) is 2.79. The van der Waals surface area contributed by atoms with E-state index in [9.17, 15) is 0 Å². The van der Waals surface area contributed by atoms with E-state index < -0.39 is 0 Å². The summed E-state index contributed by atoms with van der Waals surface area (Å²) in [6.45, 7) is 2.76. The zero-order valence-corrected chi connectivity index (χ0v) is 14.0. The predicted octanol–water partition coefficient (Wildman–Crippen LogP) is 4.33. The van der Waals surface area contributed by atoms with Crippen LogP contribution in [0.3, 0.4) is 0 Å². The van der Waals surface area contributed by atoms with Gasteiger partial charge in [0.15, 0.2) is 5.65 Å². The Bertz CT molecular complexity index is 782. The molecule has 0 aliphatic carbocycles. The second-order valence-electron chi connectivity index (χ2n) is 5.00. The van der Waals surface area contributed by atoms with Crippen LogP contribution in [0.15, 0.2) is 41.0 Å². The molecule has 21 heavy (non-hydrogen) atoms. The molecule has 0 atom stereocenters. The number of hydrogen-bond donors (Lipinski definition) is 0. The predicted molar refractivity (Wildman–Crippen MR) is 89.9 cm³/mol. The maximum Gasteiger partial charge on any atom is 0.160 e. The van der Waals surface area contributed by atoms with Gasteiger partial charge in [0, 0.05) is 23.0 Å². The Hall–Kier alpha value is -1.39. The highest BCUT2D eigenvalue weighted by molar-refractivity contribution is 9.10. The van der Waals surface area contributed by atoms with Gasteiger partial charge in [-0.25, -0.2) is 9.97 Å². The molecule has 2 heterocycles. The summed E-state index contributed by atoms with van der Waals surface area (Å²) < 4.78 is 3.24. The number of nitrogens with zero attached hydrogens (tertiary/aromatic N) is 3. The lowest BCUT2D eigenvalue weighted by Crippen LogP contribution is -2.07. The van der Waals surface area contributed by atoms with E-state index in [-0.39, 0.29) is 0 Å². The molecule has 3 nitrogen and oxygen atoms in total. The van der Waals surface area contributed by atoms with Crippen molar-refractivity contribution in [2.45, 2.75) is 19.9 Å². The number of halogens is 2. The molecule has 2 aromatic heterocycles. The van der Waals surface area contributed by atoms with Gasteiger partial charge in [-0.2, -0.15) is 0 Å². The lowest BCUT2D eigenvalue weighted by molar-refractivity contribution is 0.745. The Morgan fingerprint density at radius 2 is 2.10 bits per heavy atom. The molecule has 0 radical (unpaired) electrons. The molecule has 0 unspecified atom stereocenters. The fraction of sp³-hybridized carbons (Fsp3) is 0.250. The number of rotatable bonds is 4. The normalized spacial score (nSPS) is 11.2. The molecule has 3 rings (SSSR count). The maximum atomic E-state index is 5.92. The molecule has 0 spiro atoms. The van der Waals surface area contributed by atoms with E-state index >= 15 is 0 Å². The fourth-order valence-corrected chi connectivity index (χ4v) is 2.98. The quantitative estimate of drug-likeness (QED) is 0.645. The number of benzene rings is 1. The van der Waals surface area contributed by atoms with Gasteiger partial charge < -0.3 is 4.57 Å². The first-order valence-corrected chi connectivity index (χ1v) is 8.13. The molecular weight excluding hydrogens is 350 g/mol. The van der Waals surface area contributed by atoms with Crippen LogP contribution in [0.25, 0.3) is 11.2 Å². The lowest BCUT2D eigenvalue weighted by Gasteiger charge is -2.09. The molecule has 0 amide bonds. The summed E-state index contributed by atoms with van der Waals surface area (Å²) in [6, 6.07) is 10.3. The van der Waals surface area contributed by atoms with Crippen LogP contribution in [0, 0.1) is 6.92 Å². The Labute approximate surface area is 137 Å². The molecule has 3 aromatic rings. The highest BCUT2D eigenvalue weighted by Crippen LogP contribution is 2.22. The van der Waals surface area contributed by atoms with Gasteiger partial charge >= 0.3 is 0 Å². The van der Waals surface area contributed by atoms with Crippen molar-refractivity contribution >= 4 is 38.7 Å². The first kappa shape index (κ1) is 14.5. The molecule has 108 valence electrons. The van der Waals surface area contributed by atoms with E-state index in [2.05, 4.69) is 42.6 Å². The lowest BCUT2D eigenvalue weighted by atomic mass is 10.2. The minimum atomic E-state index is 0.554.